The average Bonchev–Trinajstić information content (AvgIpc) is 2.83. The number of thioether (sulfide) groups is 1. The summed E-state index contributed by atoms with van der Waals surface area (Å²) in [6, 6.07) is 8.05. The van der Waals surface area contributed by atoms with E-state index in [0.717, 1.165) is 47.4 Å². The minimum atomic E-state index is -0.523. The van der Waals surface area contributed by atoms with Gasteiger partial charge in [0, 0.05) is 24.0 Å². The summed E-state index contributed by atoms with van der Waals surface area (Å²) in [6.45, 7) is 1.40. The second kappa shape index (κ2) is 5.57. The highest BCUT2D eigenvalue weighted by atomic mass is 32.2. The van der Waals surface area contributed by atoms with Gasteiger partial charge in [-0.05, 0) is 30.4 Å². The van der Waals surface area contributed by atoms with Crippen LogP contribution in [0.4, 0.5) is 0 Å². The molecule has 4 heteroatoms. The van der Waals surface area contributed by atoms with E-state index in [1.54, 1.807) is 6.26 Å². The lowest BCUT2D eigenvalue weighted by atomic mass is 9.97. The van der Waals surface area contributed by atoms with Crippen LogP contribution in [0.3, 0.4) is 0 Å². The number of hydrogen-bond donors (Lipinski definition) is 2. The average molecular weight is 277 g/mol. The normalized spacial score (nSPS) is 18.8. The van der Waals surface area contributed by atoms with Crippen molar-refractivity contribution in [3.05, 3.63) is 36.1 Å². The molecule has 1 aromatic carbocycles. The zero-order chi connectivity index (χ0) is 13.1. The summed E-state index contributed by atoms with van der Waals surface area (Å²) in [6.07, 6.45) is 3.58. The number of fused-ring (bicyclic) bond motifs is 1. The summed E-state index contributed by atoms with van der Waals surface area (Å²) >= 11 is 1.93. The second-order valence-electron chi connectivity index (χ2n) is 5.20. The number of furan rings is 1. The molecule has 0 unspecified atom stereocenters. The van der Waals surface area contributed by atoms with E-state index in [0.29, 0.717) is 6.54 Å². The minimum absolute atomic E-state index is 0.523. The van der Waals surface area contributed by atoms with Crippen molar-refractivity contribution in [1.29, 1.82) is 0 Å². The van der Waals surface area contributed by atoms with Gasteiger partial charge in [-0.2, -0.15) is 11.8 Å². The van der Waals surface area contributed by atoms with Gasteiger partial charge in [0.15, 0.2) is 0 Å². The molecule has 3 rings (SSSR count). The summed E-state index contributed by atoms with van der Waals surface area (Å²) in [5, 5.41) is 14.9. The molecule has 19 heavy (non-hydrogen) atoms. The van der Waals surface area contributed by atoms with Crippen molar-refractivity contribution < 1.29 is 9.52 Å². The number of benzene rings is 1. The Kier molecular flexibility index (Phi) is 3.82. The maximum absolute atomic E-state index is 10.4. The van der Waals surface area contributed by atoms with Gasteiger partial charge in [-0.25, -0.2) is 0 Å². The molecule has 3 nitrogen and oxygen atoms in total. The third-order valence-corrected chi connectivity index (χ3v) is 4.74. The van der Waals surface area contributed by atoms with Crippen LogP contribution in [-0.4, -0.2) is 28.8 Å². The van der Waals surface area contributed by atoms with E-state index >= 15 is 0 Å². The lowest BCUT2D eigenvalue weighted by Crippen LogP contribution is -2.43. The van der Waals surface area contributed by atoms with Crippen LogP contribution in [0.1, 0.15) is 18.4 Å². The highest BCUT2D eigenvalue weighted by molar-refractivity contribution is 7.99. The monoisotopic (exact) mass is 277 g/mol. The summed E-state index contributed by atoms with van der Waals surface area (Å²) < 4.78 is 5.51. The summed E-state index contributed by atoms with van der Waals surface area (Å²) in [4.78, 5) is 0. The van der Waals surface area contributed by atoms with Crippen LogP contribution in [0, 0.1) is 0 Å². The van der Waals surface area contributed by atoms with Crippen LogP contribution in [0.25, 0.3) is 11.0 Å². The lowest BCUT2D eigenvalue weighted by Gasteiger charge is -2.31. The predicted octanol–water partition coefficient (Wildman–Crippen LogP) is 2.78. The molecule has 0 atom stereocenters. The zero-order valence-electron chi connectivity index (χ0n) is 10.9. The quantitative estimate of drug-likeness (QED) is 0.902. The molecule has 0 saturated carbocycles. The van der Waals surface area contributed by atoms with E-state index < -0.39 is 5.60 Å². The molecule has 2 heterocycles. The van der Waals surface area contributed by atoms with E-state index in [4.69, 9.17) is 4.42 Å². The first-order chi connectivity index (χ1) is 9.27. The first-order valence-corrected chi connectivity index (χ1v) is 7.88. The van der Waals surface area contributed by atoms with Crippen LogP contribution in [0.2, 0.25) is 0 Å². The Hall–Kier alpha value is -0.970. The Bertz CT molecular complexity index is 546. The fourth-order valence-corrected chi connectivity index (χ4v) is 3.78. The summed E-state index contributed by atoms with van der Waals surface area (Å²) in [5.41, 5.74) is 1.56. The van der Waals surface area contributed by atoms with Crippen molar-refractivity contribution in [2.75, 3.05) is 18.1 Å². The molecule has 2 N–H and O–H groups in total. The number of hydrogen-bond acceptors (Lipinski definition) is 4. The SMILES string of the molecule is OC1(CNCc2coc3ccccc23)CCSCC1. The van der Waals surface area contributed by atoms with Gasteiger partial charge < -0.3 is 14.8 Å². The van der Waals surface area contributed by atoms with Crippen LogP contribution in [-0.2, 0) is 6.54 Å². The fraction of sp³-hybridized carbons (Fsp3) is 0.467. The molecule has 0 radical (unpaired) electrons. The molecule has 1 aliphatic heterocycles. The molecule has 0 aliphatic carbocycles. The molecule has 2 aromatic rings. The van der Waals surface area contributed by atoms with Crippen molar-refractivity contribution in [2.24, 2.45) is 0 Å². The van der Waals surface area contributed by atoms with E-state index in [1.165, 1.54) is 0 Å². The first kappa shape index (κ1) is 13.0. The minimum Gasteiger partial charge on any atom is -0.464 e. The van der Waals surface area contributed by atoms with Crippen molar-refractivity contribution in [1.82, 2.24) is 5.32 Å². The Morgan fingerprint density at radius 3 is 2.89 bits per heavy atom. The molecule has 1 fully saturated rings. The smallest absolute Gasteiger partial charge is 0.134 e. The van der Waals surface area contributed by atoms with Crippen LogP contribution < -0.4 is 5.32 Å². The molecule has 1 aromatic heterocycles. The maximum Gasteiger partial charge on any atom is 0.134 e. The van der Waals surface area contributed by atoms with Crippen molar-refractivity contribution in [3.63, 3.8) is 0 Å². The van der Waals surface area contributed by atoms with Crippen LogP contribution in [0.5, 0.6) is 0 Å². The molecular formula is C15H19NO2S. The molecule has 102 valence electrons. The number of para-hydroxylation sites is 1. The Labute approximate surface area is 117 Å². The summed E-state index contributed by atoms with van der Waals surface area (Å²) in [5.74, 6) is 2.12. The zero-order valence-corrected chi connectivity index (χ0v) is 11.7. The van der Waals surface area contributed by atoms with E-state index in [2.05, 4.69) is 11.4 Å². The molecule has 0 spiro atoms. The number of nitrogens with one attached hydrogen (secondary N) is 1. The van der Waals surface area contributed by atoms with Crippen molar-refractivity contribution in [3.8, 4) is 0 Å². The summed E-state index contributed by atoms with van der Waals surface area (Å²) in [7, 11) is 0. The second-order valence-corrected chi connectivity index (χ2v) is 6.42. The third-order valence-electron chi connectivity index (χ3n) is 3.75. The van der Waals surface area contributed by atoms with Gasteiger partial charge in [-0.1, -0.05) is 18.2 Å². The number of rotatable bonds is 4. The van der Waals surface area contributed by atoms with Gasteiger partial charge in [0.2, 0.25) is 0 Å². The Balaban J connectivity index is 1.60. The van der Waals surface area contributed by atoms with Gasteiger partial charge in [0.05, 0.1) is 11.9 Å². The molecule has 0 bridgehead atoms. The van der Waals surface area contributed by atoms with Gasteiger partial charge in [0.25, 0.3) is 0 Å². The van der Waals surface area contributed by atoms with Gasteiger partial charge in [-0.15, -0.1) is 0 Å². The molecular weight excluding hydrogens is 258 g/mol. The topological polar surface area (TPSA) is 45.4 Å². The highest BCUT2D eigenvalue weighted by Crippen LogP contribution is 2.26. The predicted molar refractivity (Wildman–Crippen MR) is 79.4 cm³/mol. The van der Waals surface area contributed by atoms with E-state index in [1.807, 2.05) is 30.0 Å². The van der Waals surface area contributed by atoms with Crippen molar-refractivity contribution in [2.45, 2.75) is 25.0 Å². The van der Waals surface area contributed by atoms with Gasteiger partial charge >= 0.3 is 0 Å². The van der Waals surface area contributed by atoms with E-state index in [-0.39, 0.29) is 0 Å². The molecule has 1 saturated heterocycles. The van der Waals surface area contributed by atoms with Gasteiger partial charge in [0.1, 0.15) is 5.58 Å². The van der Waals surface area contributed by atoms with Gasteiger partial charge in [-0.3, -0.25) is 0 Å². The van der Waals surface area contributed by atoms with Crippen LogP contribution >= 0.6 is 11.8 Å². The van der Waals surface area contributed by atoms with Crippen LogP contribution in [0.15, 0.2) is 34.9 Å². The van der Waals surface area contributed by atoms with Crippen molar-refractivity contribution >= 4 is 22.7 Å². The standard InChI is InChI=1S/C15H19NO2S/c17-15(5-7-19-8-6-15)11-16-9-12-10-18-14-4-2-1-3-13(12)14/h1-4,10,16-17H,5-9,11H2. The third kappa shape index (κ3) is 2.96. The maximum atomic E-state index is 10.4. The van der Waals surface area contributed by atoms with E-state index in [9.17, 15) is 5.11 Å². The Morgan fingerprint density at radius 1 is 1.26 bits per heavy atom. The Morgan fingerprint density at radius 2 is 2.05 bits per heavy atom. The molecule has 1 aliphatic rings. The first-order valence-electron chi connectivity index (χ1n) is 6.73. The number of aliphatic hydroxyl groups is 1. The lowest BCUT2D eigenvalue weighted by molar-refractivity contribution is 0.0320. The highest BCUT2D eigenvalue weighted by Gasteiger charge is 2.28. The largest absolute Gasteiger partial charge is 0.464 e. The molecule has 0 amide bonds. The fourth-order valence-electron chi connectivity index (χ4n) is 2.53.